The minimum Gasteiger partial charge on any atom is -0.497 e. The van der Waals surface area contributed by atoms with Crippen molar-refractivity contribution < 1.29 is 29.2 Å². The zero-order valence-corrected chi connectivity index (χ0v) is 17.6. The van der Waals surface area contributed by atoms with Crippen LogP contribution in [0.15, 0.2) is 48.5 Å². The van der Waals surface area contributed by atoms with Crippen LogP contribution in [0.1, 0.15) is 25.0 Å². The van der Waals surface area contributed by atoms with Gasteiger partial charge in [0.25, 0.3) is 0 Å². The molecule has 0 aliphatic carbocycles. The van der Waals surface area contributed by atoms with Crippen molar-refractivity contribution in [2.45, 2.75) is 19.6 Å². The summed E-state index contributed by atoms with van der Waals surface area (Å²) in [5, 5.41) is 14.0. The Morgan fingerprint density at radius 1 is 0.679 bits per heavy atom. The van der Waals surface area contributed by atoms with Crippen molar-refractivity contribution in [1.82, 2.24) is 0 Å². The van der Waals surface area contributed by atoms with E-state index in [1.54, 1.807) is 14.2 Å². The number of benzene rings is 2. The predicted molar refractivity (Wildman–Crippen MR) is 109 cm³/mol. The van der Waals surface area contributed by atoms with Gasteiger partial charge in [0.05, 0.1) is 27.4 Å². The van der Waals surface area contributed by atoms with Crippen LogP contribution in [0.4, 0.5) is 0 Å². The summed E-state index contributed by atoms with van der Waals surface area (Å²) >= 11 is 0. The Kier molecular flexibility index (Phi) is 9.41. The zero-order valence-electron chi connectivity index (χ0n) is 17.6. The van der Waals surface area contributed by atoms with Gasteiger partial charge in [-0.25, -0.2) is 0 Å². The van der Waals surface area contributed by atoms with Crippen LogP contribution in [0, 0.1) is 5.41 Å². The monoisotopic (exact) mass is 392 g/mol. The minimum atomic E-state index is -0.909. The van der Waals surface area contributed by atoms with Crippen LogP contribution in [0.25, 0.3) is 0 Å². The molecule has 6 nitrogen and oxygen atoms in total. The quantitative estimate of drug-likeness (QED) is 0.832. The Morgan fingerprint density at radius 2 is 1.00 bits per heavy atom. The van der Waals surface area contributed by atoms with E-state index in [9.17, 15) is 0 Å². The van der Waals surface area contributed by atoms with Gasteiger partial charge in [-0.3, -0.25) is 0 Å². The summed E-state index contributed by atoms with van der Waals surface area (Å²) in [4.78, 5) is 0. The Balaban J connectivity index is 0.000000921. The van der Waals surface area contributed by atoms with Crippen molar-refractivity contribution in [2.24, 2.45) is 5.41 Å². The molecule has 1 heterocycles. The van der Waals surface area contributed by atoms with E-state index in [1.165, 1.54) is 0 Å². The van der Waals surface area contributed by atoms with Gasteiger partial charge in [0.15, 0.2) is 0 Å². The number of rotatable bonds is 4. The van der Waals surface area contributed by atoms with E-state index in [1.807, 2.05) is 48.5 Å². The van der Waals surface area contributed by atoms with Gasteiger partial charge in [-0.1, -0.05) is 13.8 Å². The highest BCUT2D eigenvalue weighted by atomic mass is 16.7. The molecular weight excluding hydrogens is 360 g/mol. The molecule has 1 fully saturated rings. The van der Waals surface area contributed by atoms with Crippen LogP contribution in [-0.4, -0.2) is 51.9 Å². The minimum absolute atomic E-state index is 0.0115. The van der Waals surface area contributed by atoms with Gasteiger partial charge in [-0.2, -0.15) is 0 Å². The van der Waals surface area contributed by atoms with Crippen LogP contribution in [0.5, 0.6) is 11.5 Å². The van der Waals surface area contributed by atoms with Gasteiger partial charge in [0.1, 0.15) is 11.5 Å². The first-order valence-electron chi connectivity index (χ1n) is 8.95. The molecule has 0 saturated carbocycles. The molecule has 2 N–H and O–H groups in total. The van der Waals surface area contributed by atoms with E-state index in [0.29, 0.717) is 13.2 Å². The lowest BCUT2D eigenvalue weighted by Gasteiger charge is -2.44. The molecule has 156 valence electrons. The highest BCUT2D eigenvalue weighted by Gasteiger charge is 2.43. The third-order valence-electron chi connectivity index (χ3n) is 4.27. The molecule has 28 heavy (non-hydrogen) atoms. The van der Waals surface area contributed by atoms with Crippen molar-refractivity contribution in [3.05, 3.63) is 59.7 Å². The third kappa shape index (κ3) is 5.45. The summed E-state index contributed by atoms with van der Waals surface area (Å²) in [5.74, 6) is 0.702. The van der Waals surface area contributed by atoms with Gasteiger partial charge in [-0.15, -0.1) is 0 Å². The maximum Gasteiger partial charge on any atom is 0.222 e. The topological polar surface area (TPSA) is 77.4 Å². The van der Waals surface area contributed by atoms with Gasteiger partial charge in [0, 0.05) is 30.8 Å². The highest BCUT2D eigenvalue weighted by Crippen LogP contribution is 2.42. The molecule has 0 atom stereocenters. The Morgan fingerprint density at radius 3 is 1.29 bits per heavy atom. The van der Waals surface area contributed by atoms with E-state index in [2.05, 4.69) is 13.8 Å². The van der Waals surface area contributed by atoms with Crippen molar-refractivity contribution in [3.63, 3.8) is 0 Å². The van der Waals surface area contributed by atoms with Crippen molar-refractivity contribution in [1.29, 1.82) is 0 Å². The lowest BCUT2D eigenvalue weighted by atomic mass is 9.90. The molecule has 2 aromatic carbocycles. The fourth-order valence-corrected chi connectivity index (χ4v) is 2.80. The summed E-state index contributed by atoms with van der Waals surface area (Å²) in [6.45, 7) is 5.51. The molecule has 0 unspecified atom stereocenters. The van der Waals surface area contributed by atoms with Crippen LogP contribution >= 0.6 is 0 Å². The van der Waals surface area contributed by atoms with E-state index in [0.717, 1.165) is 36.8 Å². The fraction of sp³-hybridized carbons (Fsp3) is 0.455. The first-order valence-corrected chi connectivity index (χ1v) is 8.95. The smallest absolute Gasteiger partial charge is 0.222 e. The van der Waals surface area contributed by atoms with Crippen LogP contribution in [0.3, 0.4) is 0 Å². The van der Waals surface area contributed by atoms with E-state index in [-0.39, 0.29) is 5.41 Å². The molecule has 1 aliphatic heterocycles. The van der Waals surface area contributed by atoms with Gasteiger partial charge in [-0.05, 0) is 48.5 Å². The second-order valence-electron chi connectivity index (χ2n) is 6.82. The van der Waals surface area contributed by atoms with Crippen molar-refractivity contribution in [2.75, 3.05) is 41.7 Å². The van der Waals surface area contributed by atoms with Crippen LogP contribution < -0.4 is 9.47 Å². The number of aliphatic hydroxyl groups is 2. The standard InChI is InChI=1S/C20H24O4.2CH4O/c1-19(2)13-23-20(24-14-19,15-5-9-17(21-3)10-6-15)16-7-11-18(22-4)12-8-16;2*1-2/h5-12H,13-14H2,1-4H3;2*2H,1H3. The largest absolute Gasteiger partial charge is 0.497 e. The molecule has 3 rings (SSSR count). The van der Waals surface area contributed by atoms with Crippen LogP contribution in [0.2, 0.25) is 0 Å². The molecule has 2 aromatic rings. The maximum atomic E-state index is 7.00. The Hall–Kier alpha value is -2.12. The predicted octanol–water partition coefficient (Wildman–Crippen LogP) is 3.19. The molecule has 0 aromatic heterocycles. The number of methoxy groups -OCH3 is 2. The van der Waals surface area contributed by atoms with Crippen LogP contribution in [-0.2, 0) is 15.3 Å². The molecule has 0 radical (unpaired) electrons. The average molecular weight is 392 g/mol. The summed E-state index contributed by atoms with van der Waals surface area (Å²) < 4.78 is 23.1. The lowest BCUT2D eigenvalue weighted by molar-refractivity contribution is -0.284. The second kappa shape index (κ2) is 11.0. The third-order valence-corrected chi connectivity index (χ3v) is 4.27. The maximum absolute atomic E-state index is 7.00. The number of ether oxygens (including phenoxy) is 4. The van der Waals surface area contributed by atoms with E-state index >= 15 is 0 Å². The lowest BCUT2D eigenvalue weighted by Crippen LogP contribution is -2.46. The SMILES string of the molecule is CO.CO.COc1ccc(C2(c3ccc(OC)cc3)OCC(C)(C)CO2)cc1. The molecule has 0 amide bonds. The summed E-state index contributed by atoms with van der Waals surface area (Å²) in [6.07, 6.45) is 0. The first kappa shape index (κ1) is 23.9. The summed E-state index contributed by atoms with van der Waals surface area (Å²) in [5.41, 5.74) is 1.88. The van der Waals surface area contributed by atoms with E-state index < -0.39 is 5.79 Å². The molecule has 6 heteroatoms. The molecular formula is C22H32O6. The molecule has 0 bridgehead atoms. The van der Waals surface area contributed by atoms with E-state index in [4.69, 9.17) is 29.2 Å². The summed E-state index contributed by atoms with van der Waals surface area (Å²) in [7, 11) is 5.31. The Bertz CT molecular complexity index is 620. The highest BCUT2D eigenvalue weighted by molar-refractivity contribution is 5.39. The van der Waals surface area contributed by atoms with Gasteiger partial charge >= 0.3 is 0 Å². The molecule has 0 spiro atoms. The molecule has 1 saturated heterocycles. The molecule has 1 aliphatic rings. The summed E-state index contributed by atoms with van der Waals surface area (Å²) in [6, 6.07) is 15.6. The second-order valence-corrected chi connectivity index (χ2v) is 6.82. The fourth-order valence-electron chi connectivity index (χ4n) is 2.80. The van der Waals surface area contributed by atoms with Crippen molar-refractivity contribution >= 4 is 0 Å². The first-order chi connectivity index (χ1) is 13.5. The number of aliphatic hydroxyl groups excluding tert-OH is 2. The number of hydrogen-bond donors (Lipinski definition) is 2. The Labute approximate surface area is 167 Å². The van der Waals surface area contributed by atoms with Gasteiger partial charge in [0.2, 0.25) is 5.79 Å². The number of hydrogen-bond acceptors (Lipinski definition) is 6. The zero-order chi connectivity index (χ0) is 21.2. The normalized spacial score (nSPS) is 16.6. The average Bonchev–Trinajstić information content (AvgIpc) is 2.77. The van der Waals surface area contributed by atoms with Crippen molar-refractivity contribution in [3.8, 4) is 11.5 Å². The van der Waals surface area contributed by atoms with Gasteiger partial charge < -0.3 is 29.2 Å².